The topological polar surface area (TPSA) is 18.5 Å². The normalized spacial score (nSPS) is 22.0. The van der Waals surface area contributed by atoms with Crippen LogP contribution in [0, 0.1) is 6.42 Å². The lowest BCUT2D eigenvalue weighted by Crippen LogP contribution is -2.43. The zero-order chi connectivity index (χ0) is 15.8. The number of alkyl halides is 3. The Kier molecular flexibility index (Phi) is 4.35. The van der Waals surface area contributed by atoms with E-state index in [9.17, 15) is 13.2 Å². The van der Waals surface area contributed by atoms with Crippen molar-refractivity contribution >= 4 is 17.3 Å². The van der Waals surface area contributed by atoms with Crippen molar-refractivity contribution in [1.82, 2.24) is 4.65 Å². The van der Waals surface area contributed by atoms with Gasteiger partial charge in [-0.05, 0) is 12.1 Å². The highest BCUT2D eigenvalue weighted by atomic mass is 35.5. The molecule has 1 atom stereocenters. The first-order valence-electron chi connectivity index (χ1n) is 6.10. The van der Waals surface area contributed by atoms with Crippen molar-refractivity contribution in [2.24, 2.45) is 0 Å². The molecule has 1 aromatic carbocycles. The molecule has 3 nitrogen and oxygen atoms in total. The van der Waals surface area contributed by atoms with Crippen molar-refractivity contribution < 1.29 is 22.7 Å². The maximum Gasteiger partial charge on any atom is 0.422 e. The van der Waals surface area contributed by atoms with Gasteiger partial charge in [0.2, 0.25) is 0 Å². The molecule has 0 fully saturated rings. The van der Waals surface area contributed by atoms with Gasteiger partial charge in [-0.15, -0.1) is 4.65 Å². The Morgan fingerprint density at radius 2 is 1.90 bits per heavy atom. The van der Waals surface area contributed by atoms with Crippen LogP contribution in [0.4, 0.5) is 18.9 Å². The predicted molar refractivity (Wildman–Crippen MR) is 74.5 cm³/mol. The summed E-state index contributed by atoms with van der Waals surface area (Å²) < 4.78 is 44.4. The number of halogens is 4. The molecule has 0 saturated heterocycles. The van der Waals surface area contributed by atoms with Crippen molar-refractivity contribution in [3.63, 3.8) is 0 Å². The number of fused-ring (bicyclic) bond motifs is 1. The minimum Gasteiger partial charge on any atom is -0.380 e. The van der Waals surface area contributed by atoms with Gasteiger partial charge < -0.3 is 4.74 Å². The van der Waals surface area contributed by atoms with Crippen LogP contribution < -0.4 is 4.65 Å². The van der Waals surface area contributed by atoms with E-state index >= 15 is 0 Å². The number of benzene rings is 1. The Labute approximate surface area is 126 Å². The van der Waals surface area contributed by atoms with Gasteiger partial charge in [0.1, 0.15) is 18.8 Å². The van der Waals surface area contributed by atoms with Crippen LogP contribution in [-0.2, 0) is 15.8 Å². The zero-order valence-corrected chi connectivity index (χ0v) is 12.5. The highest BCUT2D eigenvalue weighted by Crippen LogP contribution is 2.47. The second kappa shape index (κ2) is 5.61. The number of nitrogens with zero attached hydrogens (tertiary/aromatic N) is 1. The average molecular weight is 322 g/mol. The standard InChI is InChI=1S/C14H15ClF3NO2/c1-19(21-3)7-9(8-20-2)6-10-12(15)5-4-11(13(10)19)14(16,17)18/h4-7H,8H2,1-3H3/q+1. The molecule has 1 aromatic rings. The first-order valence-corrected chi connectivity index (χ1v) is 6.48. The van der Waals surface area contributed by atoms with E-state index < -0.39 is 16.4 Å². The summed E-state index contributed by atoms with van der Waals surface area (Å²) in [5.41, 5.74) is 0.188. The van der Waals surface area contributed by atoms with Gasteiger partial charge >= 0.3 is 6.18 Å². The van der Waals surface area contributed by atoms with Gasteiger partial charge in [0, 0.05) is 24.7 Å². The molecule has 1 heterocycles. The number of methoxy groups -OCH3 is 1. The Morgan fingerprint density at radius 3 is 2.43 bits per heavy atom. The van der Waals surface area contributed by atoms with Crippen molar-refractivity contribution in [3.05, 3.63) is 46.5 Å². The monoisotopic (exact) mass is 321 g/mol. The number of hydroxylamine groups is 2. The lowest BCUT2D eigenvalue weighted by molar-refractivity contribution is -0.141. The fraction of sp³-hybridized carbons (Fsp3) is 0.357. The zero-order valence-electron chi connectivity index (χ0n) is 11.8. The Morgan fingerprint density at radius 1 is 1.24 bits per heavy atom. The molecule has 1 aliphatic heterocycles. The lowest BCUT2D eigenvalue weighted by Gasteiger charge is -2.34. The second-order valence-corrected chi connectivity index (χ2v) is 5.22. The van der Waals surface area contributed by atoms with Gasteiger partial charge in [-0.25, -0.2) is 0 Å². The number of rotatable bonds is 3. The van der Waals surface area contributed by atoms with E-state index in [0.29, 0.717) is 11.1 Å². The largest absolute Gasteiger partial charge is 0.422 e. The average Bonchev–Trinajstić information content (AvgIpc) is 2.39. The van der Waals surface area contributed by atoms with Crippen LogP contribution in [0.15, 0.2) is 23.9 Å². The molecule has 0 aromatic heterocycles. The summed E-state index contributed by atoms with van der Waals surface area (Å²) in [4.78, 5) is 5.30. The van der Waals surface area contributed by atoms with E-state index in [-0.39, 0.29) is 17.3 Å². The van der Waals surface area contributed by atoms with E-state index in [2.05, 4.69) is 0 Å². The third-order valence-corrected chi connectivity index (χ3v) is 3.68. The highest BCUT2D eigenvalue weighted by molar-refractivity contribution is 6.32. The first-order chi connectivity index (χ1) is 9.73. The quantitative estimate of drug-likeness (QED) is 0.785. The number of hydrogen-bond acceptors (Lipinski definition) is 2. The fourth-order valence-electron chi connectivity index (χ4n) is 2.42. The fourth-order valence-corrected chi connectivity index (χ4v) is 2.63. The molecule has 0 amide bonds. The minimum atomic E-state index is -4.49. The van der Waals surface area contributed by atoms with Gasteiger partial charge in [-0.2, -0.15) is 18.0 Å². The molecule has 0 aliphatic carbocycles. The third-order valence-electron chi connectivity index (χ3n) is 3.35. The SMILES string of the molecule is COCC1=C[N+](C)(OC)c2c(C(F)(F)F)ccc(Cl)c2[CH]1. The second-order valence-electron chi connectivity index (χ2n) is 4.81. The van der Waals surface area contributed by atoms with Gasteiger partial charge in [0.15, 0.2) is 5.69 Å². The van der Waals surface area contributed by atoms with Crippen LogP contribution in [0.1, 0.15) is 11.1 Å². The molecule has 0 saturated carbocycles. The number of hydrogen-bond donors (Lipinski definition) is 0. The third kappa shape index (κ3) is 2.94. The maximum absolute atomic E-state index is 13.3. The summed E-state index contributed by atoms with van der Waals surface area (Å²) in [6.45, 7) is 0.253. The van der Waals surface area contributed by atoms with Crippen LogP contribution in [0.2, 0.25) is 5.02 Å². The molecule has 21 heavy (non-hydrogen) atoms. The van der Waals surface area contributed by atoms with Gasteiger partial charge in [0.05, 0.1) is 18.7 Å². The maximum atomic E-state index is 13.3. The van der Waals surface area contributed by atoms with E-state index in [1.54, 1.807) is 12.6 Å². The Bertz CT molecular complexity index is 586. The summed E-state index contributed by atoms with van der Waals surface area (Å²) in [7, 11) is 4.37. The first kappa shape index (κ1) is 16.3. The predicted octanol–water partition coefficient (Wildman–Crippen LogP) is 3.95. The number of quaternary nitrogens is 1. The minimum absolute atomic E-state index is 0.0302. The van der Waals surface area contributed by atoms with Crippen LogP contribution in [0.5, 0.6) is 0 Å². The summed E-state index contributed by atoms with van der Waals surface area (Å²) in [5.74, 6) is 0. The number of ether oxygens (including phenoxy) is 1. The lowest BCUT2D eigenvalue weighted by atomic mass is 9.96. The molecular weight excluding hydrogens is 307 g/mol. The van der Waals surface area contributed by atoms with Gasteiger partial charge in [0.25, 0.3) is 0 Å². The molecule has 115 valence electrons. The van der Waals surface area contributed by atoms with Gasteiger partial charge in [-0.3, -0.25) is 0 Å². The molecule has 1 radical (unpaired) electrons. The van der Waals surface area contributed by atoms with E-state index in [4.69, 9.17) is 21.2 Å². The van der Waals surface area contributed by atoms with Crippen molar-refractivity contribution in [2.75, 3.05) is 27.9 Å². The molecule has 7 heteroatoms. The molecule has 1 aliphatic rings. The van der Waals surface area contributed by atoms with E-state index in [0.717, 1.165) is 6.07 Å². The van der Waals surface area contributed by atoms with Gasteiger partial charge in [-0.1, -0.05) is 11.6 Å². The van der Waals surface area contributed by atoms with Crippen LogP contribution in [-0.4, -0.2) is 27.9 Å². The summed E-state index contributed by atoms with van der Waals surface area (Å²) >= 11 is 6.08. The Hall–Kier alpha value is -1.08. The summed E-state index contributed by atoms with van der Waals surface area (Å²) in [6, 6.07) is 2.22. The van der Waals surface area contributed by atoms with Crippen molar-refractivity contribution in [1.29, 1.82) is 0 Å². The van der Waals surface area contributed by atoms with Crippen LogP contribution in [0.3, 0.4) is 0 Å². The molecular formula is C14H15ClF3NO2+. The summed E-state index contributed by atoms with van der Waals surface area (Å²) in [6.07, 6.45) is -1.33. The highest BCUT2D eigenvalue weighted by Gasteiger charge is 2.45. The smallest absolute Gasteiger partial charge is 0.380 e. The van der Waals surface area contributed by atoms with E-state index in [1.165, 1.54) is 27.3 Å². The van der Waals surface area contributed by atoms with Crippen LogP contribution in [0.25, 0.3) is 0 Å². The molecule has 2 rings (SSSR count). The molecule has 1 unspecified atom stereocenters. The molecule has 0 bridgehead atoms. The Balaban J connectivity index is 2.70. The van der Waals surface area contributed by atoms with Crippen molar-refractivity contribution in [3.8, 4) is 0 Å². The molecule has 0 N–H and O–H groups in total. The summed E-state index contributed by atoms with van der Waals surface area (Å²) in [5, 5.41) is 0.237. The van der Waals surface area contributed by atoms with Crippen molar-refractivity contribution in [2.45, 2.75) is 6.18 Å². The molecule has 0 spiro atoms. The van der Waals surface area contributed by atoms with Crippen LogP contribution >= 0.6 is 11.6 Å². The van der Waals surface area contributed by atoms with E-state index in [1.807, 2.05) is 0 Å².